The number of rotatable bonds is 8. The molecule has 2 aromatic rings. The predicted molar refractivity (Wildman–Crippen MR) is 97.4 cm³/mol. The predicted octanol–water partition coefficient (Wildman–Crippen LogP) is 4.51. The Hall–Kier alpha value is -2.16. The maximum absolute atomic E-state index is 5.80. The van der Waals surface area contributed by atoms with Gasteiger partial charge in [-0.1, -0.05) is 26.0 Å². The molecule has 0 aliphatic rings. The van der Waals surface area contributed by atoms with Gasteiger partial charge in [-0.2, -0.15) is 0 Å². The molecular weight excluding hydrogens is 270 g/mol. The Bertz CT molecular complexity index is 557. The first-order chi connectivity index (χ1) is 10.7. The highest BCUT2D eigenvalue weighted by Gasteiger charge is 2.04. The van der Waals surface area contributed by atoms with Crippen LogP contribution in [0.2, 0.25) is 0 Å². The van der Waals surface area contributed by atoms with Crippen LogP contribution in [0.1, 0.15) is 32.3 Å². The highest BCUT2D eigenvalue weighted by molar-refractivity contribution is 5.55. The van der Waals surface area contributed by atoms with Crippen molar-refractivity contribution < 1.29 is 0 Å². The van der Waals surface area contributed by atoms with Gasteiger partial charge in [0.1, 0.15) is 0 Å². The van der Waals surface area contributed by atoms with E-state index in [1.165, 1.54) is 24.1 Å². The molecule has 0 amide bonds. The zero-order valence-electron chi connectivity index (χ0n) is 13.7. The van der Waals surface area contributed by atoms with Gasteiger partial charge in [0, 0.05) is 36.7 Å². The van der Waals surface area contributed by atoms with Crippen LogP contribution in [0.5, 0.6) is 0 Å². The third kappa shape index (κ3) is 4.69. The Morgan fingerprint density at radius 2 is 1.64 bits per heavy atom. The van der Waals surface area contributed by atoms with Gasteiger partial charge in [0.2, 0.25) is 0 Å². The van der Waals surface area contributed by atoms with Crippen molar-refractivity contribution in [3.8, 4) is 0 Å². The maximum Gasteiger partial charge on any atom is 0.0401 e. The van der Waals surface area contributed by atoms with Crippen LogP contribution >= 0.6 is 0 Å². The van der Waals surface area contributed by atoms with Crippen LogP contribution in [0.15, 0.2) is 48.5 Å². The smallest absolute Gasteiger partial charge is 0.0401 e. The largest absolute Gasteiger partial charge is 0.399 e. The molecule has 0 atom stereocenters. The topological polar surface area (TPSA) is 41.3 Å². The lowest BCUT2D eigenvalue weighted by Gasteiger charge is -2.24. The number of nitrogens with zero attached hydrogens (tertiary/aromatic N) is 1. The Morgan fingerprint density at radius 1 is 0.955 bits per heavy atom. The van der Waals surface area contributed by atoms with Gasteiger partial charge in [-0.05, 0) is 54.8 Å². The molecule has 0 unspecified atom stereocenters. The van der Waals surface area contributed by atoms with Crippen molar-refractivity contribution >= 4 is 17.1 Å². The molecular formula is C19H27N3. The van der Waals surface area contributed by atoms with E-state index in [2.05, 4.69) is 54.4 Å². The quantitative estimate of drug-likeness (QED) is 0.704. The van der Waals surface area contributed by atoms with Crippen LogP contribution < -0.4 is 16.0 Å². The molecule has 0 spiro atoms. The summed E-state index contributed by atoms with van der Waals surface area (Å²) in [6, 6.07) is 16.7. The van der Waals surface area contributed by atoms with Crippen LogP contribution in [0, 0.1) is 0 Å². The highest BCUT2D eigenvalue weighted by Crippen LogP contribution is 2.19. The fourth-order valence-corrected chi connectivity index (χ4v) is 2.61. The molecule has 0 aliphatic carbocycles. The first-order valence-electron chi connectivity index (χ1n) is 8.16. The number of anilines is 3. The van der Waals surface area contributed by atoms with Crippen molar-refractivity contribution in [2.45, 2.75) is 33.2 Å². The fourth-order valence-electron chi connectivity index (χ4n) is 2.61. The Balaban J connectivity index is 1.96. The average molecular weight is 297 g/mol. The second-order valence-corrected chi connectivity index (χ2v) is 5.63. The molecule has 0 aromatic heterocycles. The van der Waals surface area contributed by atoms with E-state index >= 15 is 0 Å². The van der Waals surface area contributed by atoms with Crippen LogP contribution in [-0.4, -0.2) is 13.1 Å². The van der Waals surface area contributed by atoms with Gasteiger partial charge in [-0.15, -0.1) is 0 Å². The Labute approximate surface area is 134 Å². The van der Waals surface area contributed by atoms with E-state index in [1.54, 1.807) is 0 Å². The molecule has 22 heavy (non-hydrogen) atoms. The van der Waals surface area contributed by atoms with Gasteiger partial charge in [-0.3, -0.25) is 0 Å². The number of nitrogens with two attached hydrogens (primary N) is 1. The van der Waals surface area contributed by atoms with Crippen molar-refractivity contribution in [3.05, 3.63) is 54.1 Å². The number of benzene rings is 2. The van der Waals surface area contributed by atoms with Crippen molar-refractivity contribution in [2.24, 2.45) is 0 Å². The van der Waals surface area contributed by atoms with E-state index in [-0.39, 0.29) is 0 Å². The molecule has 3 N–H and O–H groups in total. The summed E-state index contributed by atoms with van der Waals surface area (Å²) in [5.41, 5.74) is 10.3. The average Bonchev–Trinajstić information content (AvgIpc) is 2.53. The van der Waals surface area contributed by atoms with E-state index in [0.29, 0.717) is 0 Å². The molecule has 0 radical (unpaired) electrons. The van der Waals surface area contributed by atoms with E-state index in [1.807, 2.05) is 18.2 Å². The molecule has 0 saturated heterocycles. The zero-order valence-corrected chi connectivity index (χ0v) is 13.7. The monoisotopic (exact) mass is 297 g/mol. The van der Waals surface area contributed by atoms with Crippen molar-refractivity contribution in [3.63, 3.8) is 0 Å². The van der Waals surface area contributed by atoms with Crippen molar-refractivity contribution in [1.29, 1.82) is 0 Å². The van der Waals surface area contributed by atoms with Gasteiger partial charge in [0.05, 0.1) is 0 Å². The summed E-state index contributed by atoms with van der Waals surface area (Å²) < 4.78 is 0. The van der Waals surface area contributed by atoms with Gasteiger partial charge < -0.3 is 16.0 Å². The summed E-state index contributed by atoms with van der Waals surface area (Å²) in [4.78, 5) is 2.45. The van der Waals surface area contributed by atoms with Crippen LogP contribution in [0.3, 0.4) is 0 Å². The second kappa shape index (κ2) is 8.32. The lowest BCUT2D eigenvalue weighted by atomic mass is 10.2. The molecule has 3 heteroatoms. The highest BCUT2D eigenvalue weighted by atomic mass is 15.1. The first-order valence-corrected chi connectivity index (χ1v) is 8.16. The van der Waals surface area contributed by atoms with E-state index in [9.17, 15) is 0 Å². The number of hydrogen-bond donors (Lipinski definition) is 2. The minimum atomic E-state index is 0.790. The molecule has 0 aliphatic heterocycles. The summed E-state index contributed by atoms with van der Waals surface area (Å²) in [6.07, 6.45) is 2.35. The summed E-state index contributed by atoms with van der Waals surface area (Å²) in [6.45, 7) is 7.47. The van der Waals surface area contributed by atoms with Crippen LogP contribution in [0.4, 0.5) is 17.1 Å². The van der Waals surface area contributed by atoms with E-state index < -0.39 is 0 Å². The fraction of sp³-hybridized carbons (Fsp3) is 0.368. The van der Waals surface area contributed by atoms with Gasteiger partial charge in [0.15, 0.2) is 0 Å². The van der Waals surface area contributed by atoms with Gasteiger partial charge in [0.25, 0.3) is 0 Å². The minimum Gasteiger partial charge on any atom is -0.399 e. The van der Waals surface area contributed by atoms with Gasteiger partial charge >= 0.3 is 0 Å². The number of hydrogen-bond acceptors (Lipinski definition) is 3. The Morgan fingerprint density at radius 3 is 2.23 bits per heavy atom. The van der Waals surface area contributed by atoms with Gasteiger partial charge in [-0.25, -0.2) is 0 Å². The van der Waals surface area contributed by atoms with Crippen molar-refractivity contribution in [2.75, 3.05) is 29.0 Å². The first kappa shape index (κ1) is 16.2. The zero-order chi connectivity index (χ0) is 15.8. The maximum atomic E-state index is 5.80. The summed E-state index contributed by atoms with van der Waals surface area (Å²) in [7, 11) is 0. The molecule has 118 valence electrons. The third-order valence-corrected chi connectivity index (χ3v) is 3.67. The molecule has 2 aromatic carbocycles. The summed E-state index contributed by atoms with van der Waals surface area (Å²) >= 11 is 0. The molecule has 0 saturated carbocycles. The second-order valence-electron chi connectivity index (χ2n) is 5.63. The van der Waals surface area contributed by atoms with E-state index in [4.69, 9.17) is 5.73 Å². The molecule has 0 fully saturated rings. The lowest BCUT2D eigenvalue weighted by molar-refractivity contribution is 0.745. The van der Waals surface area contributed by atoms with Crippen molar-refractivity contribution in [1.82, 2.24) is 0 Å². The third-order valence-electron chi connectivity index (χ3n) is 3.67. The molecule has 0 bridgehead atoms. The molecule has 0 heterocycles. The normalized spacial score (nSPS) is 10.5. The van der Waals surface area contributed by atoms with Crippen LogP contribution in [0.25, 0.3) is 0 Å². The minimum absolute atomic E-state index is 0.790. The standard InChI is InChI=1S/C19H27N3/c1-3-12-22(13-4-2)19-10-8-18(9-11-19)21-15-16-6-5-7-17(20)14-16/h5-11,14,21H,3-4,12-13,15,20H2,1-2H3. The lowest BCUT2D eigenvalue weighted by Crippen LogP contribution is -2.24. The molecule has 3 nitrogen and oxygen atoms in total. The SMILES string of the molecule is CCCN(CCC)c1ccc(NCc2cccc(N)c2)cc1. The van der Waals surface area contributed by atoms with E-state index in [0.717, 1.165) is 31.0 Å². The van der Waals surface area contributed by atoms with Crippen LogP contribution in [-0.2, 0) is 6.54 Å². The summed E-state index contributed by atoms with van der Waals surface area (Å²) in [5, 5.41) is 3.44. The number of nitrogen functional groups attached to an aromatic ring is 1. The summed E-state index contributed by atoms with van der Waals surface area (Å²) in [5.74, 6) is 0. The molecule has 2 rings (SSSR count). The number of nitrogens with one attached hydrogen (secondary N) is 1. The Kier molecular flexibility index (Phi) is 6.13.